The van der Waals surface area contributed by atoms with Gasteiger partial charge < -0.3 is 19.5 Å². The van der Waals surface area contributed by atoms with Gasteiger partial charge in [0.05, 0.1) is 19.2 Å². The number of amides is 1. The average molecular weight is 376 g/mol. The second-order valence-electron chi connectivity index (χ2n) is 5.12. The van der Waals surface area contributed by atoms with Crippen LogP contribution in [0.2, 0.25) is 5.02 Å². The molecule has 0 radical (unpaired) electrons. The normalized spacial score (nSPS) is 10.4. The molecule has 0 aromatic heterocycles. The summed E-state index contributed by atoms with van der Waals surface area (Å²) in [4.78, 5) is 23.5. The van der Waals surface area contributed by atoms with Crippen LogP contribution < -0.4 is 14.8 Å². The van der Waals surface area contributed by atoms with Gasteiger partial charge in [0.1, 0.15) is 11.5 Å². The third kappa shape index (κ3) is 5.82. The van der Waals surface area contributed by atoms with Crippen LogP contribution in [0.3, 0.4) is 0 Å². The van der Waals surface area contributed by atoms with E-state index in [-0.39, 0.29) is 0 Å². The fourth-order valence-corrected chi connectivity index (χ4v) is 2.29. The summed E-state index contributed by atoms with van der Waals surface area (Å²) in [6.45, 7) is -0.412. The molecule has 0 heterocycles. The highest BCUT2D eigenvalue weighted by molar-refractivity contribution is 6.32. The smallest absolute Gasteiger partial charge is 0.331 e. The molecule has 0 spiro atoms. The Hall–Kier alpha value is -2.99. The first kappa shape index (κ1) is 19.3. The SMILES string of the molecule is COc1cccc(/C=C/C(=O)OCC(=O)Nc2ccc(OC)c(Cl)c2)c1. The van der Waals surface area contributed by atoms with Crippen LogP contribution in [0.5, 0.6) is 11.5 Å². The molecule has 0 saturated carbocycles. The molecule has 0 atom stereocenters. The van der Waals surface area contributed by atoms with E-state index < -0.39 is 18.5 Å². The van der Waals surface area contributed by atoms with Crippen molar-refractivity contribution in [2.45, 2.75) is 0 Å². The number of ether oxygens (including phenoxy) is 3. The van der Waals surface area contributed by atoms with E-state index in [0.29, 0.717) is 22.2 Å². The molecule has 2 aromatic carbocycles. The Morgan fingerprint density at radius 1 is 1.12 bits per heavy atom. The van der Waals surface area contributed by atoms with Crippen molar-refractivity contribution in [3.63, 3.8) is 0 Å². The van der Waals surface area contributed by atoms with Crippen molar-refractivity contribution in [1.82, 2.24) is 0 Å². The number of carbonyl (C=O) groups is 2. The fourth-order valence-electron chi connectivity index (χ4n) is 2.04. The van der Waals surface area contributed by atoms with Gasteiger partial charge in [-0.25, -0.2) is 4.79 Å². The highest BCUT2D eigenvalue weighted by Gasteiger charge is 2.08. The van der Waals surface area contributed by atoms with Crippen LogP contribution in [-0.4, -0.2) is 32.7 Å². The first-order valence-corrected chi connectivity index (χ1v) is 8.02. The van der Waals surface area contributed by atoms with Crippen LogP contribution >= 0.6 is 11.6 Å². The van der Waals surface area contributed by atoms with Crippen LogP contribution in [0.25, 0.3) is 6.08 Å². The Kier molecular flexibility index (Phi) is 7.05. The van der Waals surface area contributed by atoms with E-state index in [2.05, 4.69) is 5.32 Å². The largest absolute Gasteiger partial charge is 0.497 e. The quantitative estimate of drug-likeness (QED) is 0.591. The number of esters is 1. The van der Waals surface area contributed by atoms with E-state index >= 15 is 0 Å². The van der Waals surface area contributed by atoms with Crippen molar-refractivity contribution in [1.29, 1.82) is 0 Å². The second kappa shape index (κ2) is 9.48. The minimum Gasteiger partial charge on any atom is -0.497 e. The number of benzene rings is 2. The Morgan fingerprint density at radius 2 is 1.92 bits per heavy atom. The number of rotatable bonds is 7. The van der Waals surface area contributed by atoms with Gasteiger partial charge in [-0.3, -0.25) is 4.79 Å². The van der Waals surface area contributed by atoms with E-state index in [1.165, 1.54) is 13.2 Å². The number of anilines is 1. The molecule has 0 bridgehead atoms. The van der Waals surface area contributed by atoms with Gasteiger partial charge in [0, 0.05) is 11.8 Å². The third-order valence-corrected chi connectivity index (χ3v) is 3.58. The van der Waals surface area contributed by atoms with Crippen molar-refractivity contribution in [2.75, 3.05) is 26.1 Å². The summed E-state index contributed by atoms with van der Waals surface area (Å²) in [5.74, 6) is 0.0712. The van der Waals surface area contributed by atoms with E-state index in [0.717, 1.165) is 5.56 Å². The molecular formula is C19H18ClNO5. The van der Waals surface area contributed by atoms with Gasteiger partial charge in [-0.2, -0.15) is 0 Å². The topological polar surface area (TPSA) is 73.9 Å². The summed E-state index contributed by atoms with van der Waals surface area (Å²) >= 11 is 5.98. The highest BCUT2D eigenvalue weighted by atomic mass is 35.5. The number of hydrogen-bond donors (Lipinski definition) is 1. The number of methoxy groups -OCH3 is 2. The Labute approximate surface area is 156 Å². The Morgan fingerprint density at radius 3 is 2.62 bits per heavy atom. The first-order chi connectivity index (χ1) is 12.5. The zero-order valence-electron chi connectivity index (χ0n) is 14.3. The number of hydrogen-bond acceptors (Lipinski definition) is 5. The molecule has 26 heavy (non-hydrogen) atoms. The summed E-state index contributed by atoms with van der Waals surface area (Å²) in [5.41, 5.74) is 1.25. The standard InChI is InChI=1S/C19H18ClNO5/c1-24-15-5-3-4-13(10-15)6-9-19(23)26-12-18(22)21-14-7-8-17(25-2)16(20)11-14/h3-11H,12H2,1-2H3,(H,21,22)/b9-6+. The van der Waals surface area contributed by atoms with Gasteiger partial charge in [-0.15, -0.1) is 0 Å². The van der Waals surface area contributed by atoms with Gasteiger partial charge in [0.15, 0.2) is 6.61 Å². The summed E-state index contributed by atoms with van der Waals surface area (Å²) < 4.78 is 15.0. The van der Waals surface area contributed by atoms with Gasteiger partial charge in [0.2, 0.25) is 0 Å². The fraction of sp³-hybridized carbons (Fsp3) is 0.158. The Balaban J connectivity index is 1.83. The maximum absolute atomic E-state index is 11.8. The molecule has 2 rings (SSSR count). The van der Waals surface area contributed by atoms with Crippen LogP contribution in [0, 0.1) is 0 Å². The molecule has 2 aromatic rings. The molecular weight excluding hydrogens is 358 g/mol. The first-order valence-electron chi connectivity index (χ1n) is 7.64. The summed E-state index contributed by atoms with van der Waals surface area (Å²) in [5, 5.41) is 2.95. The predicted molar refractivity (Wildman–Crippen MR) is 99.6 cm³/mol. The minimum absolute atomic E-state index is 0.364. The summed E-state index contributed by atoms with van der Waals surface area (Å²) in [6.07, 6.45) is 2.82. The maximum atomic E-state index is 11.8. The van der Waals surface area contributed by atoms with E-state index in [4.69, 9.17) is 25.8 Å². The van der Waals surface area contributed by atoms with Crippen LogP contribution in [0.1, 0.15) is 5.56 Å². The number of nitrogens with one attached hydrogen (secondary N) is 1. The molecule has 1 N–H and O–H groups in total. The average Bonchev–Trinajstić information content (AvgIpc) is 2.65. The van der Waals surface area contributed by atoms with Gasteiger partial charge in [-0.1, -0.05) is 23.7 Å². The highest BCUT2D eigenvalue weighted by Crippen LogP contribution is 2.27. The van der Waals surface area contributed by atoms with Gasteiger partial charge >= 0.3 is 5.97 Å². The zero-order valence-corrected chi connectivity index (χ0v) is 15.1. The predicted octanol–water partition coefficient (Wildman–Crippen LogP) is 3.55. The number of halogens is 1. The Bertz CT molecular complexity index is 819. The van der Waals surface area contributed by atoms with Crippen molar-refractivity contribution in [3.05, 3.63) is 59.1 Å². The van der Waals surface area contributed by atoms with E-state index in [1.807, 2.05) is 6.07 Å². The minimum atomic E-state index is -0.629. The number of carbonyl (C=O) groups excluding carboxylic acids is 2. The molecule has 0 saturated heterocycles. The van der Waals surface area contributed by atoms with Crippen molar-refractivity contribution in [2.24, 2.45) is 0 Å². The van der Waals surface area contributed by atoms with Crippen molar-refractivity contribution >= 4 is 35.2 Å². The summed E-state index contributed by atoms with van der Waals surface area (Å²) in [7, 11) is 3.06. The molecule has 136 valence electrons. The van der Waals surface area contributed by atoms with Crippen LogP contribution in [0.4, 0.5) is 5.69 Å². The molecule has 0 aliphatic heterocycles. The molecule has 1 amide bonds. The lowest BCUT2D eigenvalue weighted by atomic mass is 10.2. The second-order valence-corrected chi connectivity index (χ2v) is 5.52. The van der Waals surface area contributed by atoms with Gasteiger partial charge in [0.25, 0.3) is 5.91 Å². The van der Waals surface area contributed by atoms with Crippen molar-refractivity contribution < 1.29 is 23.8 Å². The third-order valence-electron chi connectivity index (χ3n) is 3.29. The van der Waals surface area contributed by atoms with Gasteiger partial charge in [-0.05, 0) is 42.0 Å². The van der Waals surface area contributed by atoms with Crippen LogP contribution in [0.15, 0.2) is 48.5 Å². The summed E-state index contributed by atoms with van der Waals surface area (Å²) in [6, 6.07) is 12.0. The molecule has 0 aliphatic carbocycles. The van der Waals surface area contributed by atoms with E-state index in [1.54, 1.807) is 49.6 Å². The molecule has 0 aliphatic rings. The lowest BCUT2D eigenvalue weighted by Gasteiger charge is -2.08. The van der Waals surface area contributed by atoms with Crippen LogP contribution in [-0.2, 0) is 14.3 Å². The monoisotopic (exact) mass is 375 g/mol. The van der Waals surface area contributed by atoms with E-state index in [9.17, 15) is 9.59 Å². The zero-order chi connectivity index (χ0) is 18.9. The molecule has 6 nitrogen and oxygen atoms in total. The maximum Gasteiger partial charge on any atom is 0.331 e. The molecule has 0 unspecified atom stereocenters. The molecule has 7 heteroatoms. The lowest BCUT2D eigenvalue weighted by Crippen LogP contribution is -2.20. The lowest BCUT2D eigenvalue weighted by molar-refractivity contribution is -0.142. The van der Waals surface area contributed by atoms with Crippen molar-refractivity contribution in [3.8, 4) is 11.5 Å². The molecule has 0 fully saturated rings.